The number of nitrogens with zero attached hydrogens (tertiary/aromatic N) is 5. The van der Waals surface area contributed by atoms with E-state index in [1.807, 2.05) is 35.9 Å². The highest BCUT2D eigenvalue weighted by Crippen LogP contribution is 2.14. The predicted molar refractivity (Wildman–Crippen MR) is 92.4 cm³/mol. The minimum absolute atomic E-state index is 0.238. The van der Waals surface area contributed by atoms with Gasteiger partial charge in [-0.2, -0.15) is 0 Å². The zero-order valence-electron chi connectivity index (χ0n) is 14.2. The molecular formula is C17H20N6O2. The number of ether oxygens (including phenoxy) is 1. The number of hydrogen-bond donors (Lipinski definition) is 1. The molecule has 0 bridgehead atoms. The van der Waals surface area contributed by atoms with Crippen molar-refractivity contribution in [2.24, 2.45) is 0 Å². The summed E-state index contributed by atoms with van der Waals surface area (Å²) in [6, 6.07) is 11.9. The van der Waals surface area contributed by atoms with Gasteiger partial charge >= 0.3 is 0 Å². The molecule has 25 heavy (non-hydrogen) atoms. The third-order valence-electron chi connectivity index (χ3n) is 3.95. The largest absolute Gasteiger partial charge is 0.383 e. The number of carbonyl (C=O) groups is 1. The van der Waals surface area contributed by atoms with E-state index in [0.717, 1.165) is 5.69 Å². The summed E-state index contributed by atoms with van der Waals surface area (Å²) in [5.41, 5.74) is 2.66. The second-order valence-electron chi connectivity index (χ2n) is 5.60. The molecule has 8 heteroatoms. The zero-order chi connectivity index (χ0) is 17.6. The molecule has 0 saturated carbocycles. The van der Waals surface area contributed by atoms with Crippen LogP contribution in [-0.4, -0.2) is 44.4 Å². The first kappa shape index (κ1) is 16.8. The number of anilines is 1. The van der Waals surface area contributed by atoms with Gasteiger partial charge < -0.3 is 9.30 Å². The van der Waals surface area contributed by atoms with Crippen LogP contribution in [0.4, 0.5) is 5.95 Å². The summed E-state index contributed by atoms with van der Waals surface area (Å²) >= 11 is 0. The van der Waals surface area contributed by atoms with Crippen molar-refractivity contribution in [2.75, 3.05) is 19.0 Å². The highest BCUT2D eigenvalue weighted by molar-refractivity contribution is 6.04. The molecule has 3 aromatic rings. The average Bonchev–Trinajstić information content (AvgIpc) is 3.21. The van der Waals surface area contributed by atoms with E-state index >= 15 is 0 Å². The lowest BCUT2D eigenvalue weighted by atomic mass is 10.2. The monoisotopic (exact) mass is 340 g/mol. The minimum Gasteiger partial charge on any atom is -0.383 e. The van der Waals surface area contributed by atoms with E-state index in [1.165, 1.54) is 10.2 Å². The molecule has 3 rings (SSSR count). The van der Waals surface area contributed by atoms with Crippen LogP contribution < -0.4 is 5.32 Å². The molecule has 2 aromatic heterocycles. The van der Waals surface area contributed by atoms with Crippen molar-refractivity contribution in [3.8, 4) is 0 Å². The fraction of sp³-hybridized carbons (Fsp3) is 0.294. The van der Waals surface area contributed by atoms with Gasteiger partial charge in [0.15, 0.2) is 0 Å². The molecule has 0 aliphatic heterocycles. The maximum absolute atomic E-state index is 12.6. The Morgan fingerprint density at radius 2 is 2.04 bits per heavy atom. The topological polar surface area (TPSA) is 86.9 Å². The lowest BCUT2D eigenvalue weighted by molar-refractivity contribution is 0.102. The molecule has 0 aliphatic rings. The van der Waals surface area contributed by atoms with E-state index in [4.69, 9.17) is 4.74 Å². The first-order valence-electron chi connectivity index (χ1n) is 7.95. The van der Waals surface area contributed by atoms with Crippen molar-refractivity contribution in [2.45, 2.75) is 20.0 Å². The number of methoxy groups -OCH3 is 1. The van der Waals surface area contributed by atoms with Crippen LogP contribution in [0.2, 0.25) is 0 Å². The van der Waals surface area contributed by atoms with Crippen molar-refractivity contribution in [1.82, 2.24) is 24.8 Å². The Labute approximate surface area is 145 Å². The molecular weight excluding hydrogens is 320 g/mol. The Bertz CT molecular complexity index is 840. The molecule has 0 aliphatic carbocycles. The summed E-state index contributed by atoms with van der Waals surface area (Å²) in [4.78, 5) is 12.6. The standard InChI is InChI=1S/C17H20N6O2/c1-13-15(8-9-22(13)12-14-6-4-3-5-7-14)16(24)18-17-19-20-21-23(17)10-11-25-2/h3-9H,10-12H2,1-2H3,(H,18,19,21,24). The van der Waals surface area contributed by atoms with Gasteiger partial charge in [0.2, 0.25) is 5.95 Å². The van der Waals surface area contributed by atoms with E-state index in [0.29, 0.717) is 31.2 Å². The molecule has 2 heterocycles. The third kappa shape index (κ3) is 3.92. The minimum atomic E-state index is -0.238. The Morgan fingerprint density at radius 3 is 2.80 bits per heavy atom. The van der Waals surface area contributed by atoms with Gasteiger partial charge in [-0.25, -0.2) is 4.68 Å². The Hall–Kier alpha value is -3.00. The van der Waals surface area contributed by atoms with Crippen molar-refractivity contribution < 1.29 is 9.53 Å². The first-order chi connectivity index (χ1) is 12.2. The van der Waals surface area contributed by atoms with Crippen LogP contribution in [-0.2, 0) is 17.8 Å². The van der Waals surface area contributed by atoms with Crippen molar-refractivity contribution in [1.29, 1.82) is 0 Å². The summed E-state index contributed by atoms with van der Waals surface area (Å²) in [6.45, 7) is 3.56. The molecule has 0 unspecified atom stereocenters. The van der Waals surface area contributed by atoms with Crippen LogP contribution in [0.3, 0.4) is 0 Å². The van der Waals surface area contributed by atoms with E-state index < -0.39 is 0 Å². The van der Waals surface area contributed by atoms with Gasteiger partial charge in [0.1, 0.15) is 0 Å². The van der Waals surface area contributed by atoms with Crippen molar-refractivity contribution in [3.05, 3.63) is 59.4 Å². The lowest BCUT2D eigenvalue weighted by Gasteiger charge is -2.08. The second kappa shape index (κ2) is 7.71. The smallest absolute Gasteiger partial charge is 0.259 e. The number of nitrogens with one attached hydrogen (secondary N) is 1. The lowest BCUT2D eigenvalue weighted by Crippen LogP contribution is -2.18. The van der Waals surface area contributed by atoms with E-state index in [2.05, 4.69) is 33.0 Å². The molecule has 1 aromatic carbocycles. The SMILES string of the molecule is COCCn1nnnc1NC(=O)c1ccn(Cc2ccccc2)c1C. The fourth-order valence-electron chi connectivity index (χ4n) is 2.53. The Balaban J connectivity index is 1.72. The summed E-state index contributed by atoms with van der Waals surface area (Å²) < 4.78 is 8.54. The van der Waals surface area contributed by atoms with Gasteiger partial charge in [-0.05, 0) is 29.0 Å². The highest BCUT2D eigenvalue weighted by atomic mass is 16.5. The molecule has 0 atom stereocenters. The zero-order valence-corrected chi connectivity index (χ0v) is 14.2. The van der Waals surface area contributed by atoms with Gasteiger partial charge in [0.25, 0.3) is 5.91 Å². The van der Waals surface area contributed by atoms with Crippen LogP contribution in [0, 0.1) is 6.92 Å². The Morgan fingerprint density at radius 1 is 1.24 bits per heavy atom. The van der Waals surface area contributed by atoms with Gasteiger partial charge in [-0.15, -0.1) is 0 Å². The van der Waals surface area contributed by atoms with E-state index in [9.17, 15) is 4.79 Å². The number of aromatic nitrogens is 5. The number of amides is 1. The van der Waals surface area contributed by atoms with Gasteiger partial charge in [-0.3, -0.25) is 10.1 Å². The van der Waals surface area contributed by atoms with Crippen molar-refractivity contribution in [3.63, 3.8) is 0 Å². The predicted octanol–water partition coefficient (Wildman–Crippen LogP) is 1.73. The van der Waals surface area contributed by atoms with Crippen LogP contribution in [0.5, 0.6) is 0 Å². The number of hydrogen-bond acceptors (Lipinski definition) is 5. The van der Waals surface area contributed by atoms with E-state index in [-0.39, 0.29) is 5.91 Å². The van der Waals surface area contributed by atoms with E-state index in [1.54, 1.807) is 13.2 Å². The molecule has 8 nitrogen and oxygen atoms in total. The van der Waals surface area contributed by atoms with Gasteiger partial charge in [0, 0.05) is 25.5 Å². The molecule has 130 valence electrons. The van der Waals surface area contributed by atoms with Crippen LogP contribution in [0.15, 0.2) is 42.6 Å². The number of benzene rings is 1. The summed E-state index contributed by atoms with van der Waals surface area (Å²) in [5, 5.41) is 14.0. The van der Waals surface area contributed by atoms with Crippen LogP contribution in [0.25, 0.3) is 0 Å². The molecule has 0 fully saturated rings. The molecule has 1 amide bonds. The number of carbonyl (C=O) groups excluding carboxylic acids is 1. The van der Waals surface area contributed by atoms with Gasteiger partial charge in [-0.1, -0.05) is 35.4 Å². The first-order valence-corrected chi connectivity index (χ1v) is 7.95. The second-order valence-corrected chi connectivity index (χ2v) is 5.60. The highest BCUT2D eigenvalue weighted by Gasteiger charge is 2.16. The quantitative estimate of drug-likeness (QED) is 0.708. The summed E-state index contributed by atoms with van der Waals surface area (Å²) in [5.74, 6) is 0.0648. The Kier molecular flexibility index (Phi) is 5.20. The maximum atomic E-state index is 12.6. The number of tetrazole rings is 1. The van der Waals surface area contributed by atoms with Crippen LogP contribution >= 0.6 is 0 Å². The van der Waals surface area contributed by atoms with Crippen molar-refractivity contribution >= 4 is 11.9 Å². The maximum Gasteiger partial charge on any atom is 0.259 e. The fourth-order valence-corrected chi connectivity index (χ4v) is 2.53. The summed E-state index contributed by atoms with van der Waals surface area (Å²) in [6.07, 6.45) is 1.91. The number of rotatable bonds is 7. The molecule has 0 saturated heterocycles. The summed E-state index contributed by atoms with van der Waals surface area (Å²) in [7, 11) is 1.60. The third-order valence-corrected chi connectivity index (χ3v) is 3.95. The van der Waals surface area contributed by atoms with Crippen LogP contribution in [0.1, 0.15) is 21.6 Å². The molecule has 0 radical (unpaired) electrons. The average molecular weight is 340 g/mol. The molecule has 1 N–H and O–H groups in total. The molecule has 0 spiro atoms. The normalized spacial score (nSPS) is 10.8. The van der Waals surface area contributed by atoms with Gasteiger partial charge in [0.05, 0.1) is 18.7 Å².